The number of H-pyrrole nitrogens is 1. The first-order valence-corrected chi connectivity index (χ1v) is 7.53. The number of hydrogen-bond donors (Lipinski definition) is 1. The van der Waals surface area contributed by atoms with Crippen LogP contribution in [-0.2, 0) is 0 Å². The summed E-state index contributed by atoms with van der Waals surface area (Å²) in [5, 5.41) is 9.67. The van der Waals surface area contributed by atoms with Crippen molar-refractivity contribution in [1.29, 1.82) is 0 Å². The minimum atomic E-state index is 0.870. The van der Waals surface area contributed by atoms with E-state index in [1.165, 1.54) is 0 Å². The van der Waals surface area contributed by atoms with E-state index < -0.39 is 0 Å². The lowest BCUT2D eigenvalue weighted by molar-refractivity contribution is 1.07. The molecule has 0 bridgehead atoms. The zero-order valence-electron chi connectivity index (χ0n) is 13.3. The van der Waals surface area contributed by atoms with Gasteiger partial charge in [0.25, 0.3) is 0 Å². The third-order valence-corrected chi connectivity index (χ3v) is 4.06. The molecule has 1 N–H and O–H groups in total. The lowest BCUT2D eigenvalue weighted by atomic mass is 10.0. The van der Waals surface area contributed by atoms with Gasteiger partial charge in [-0.15, -0.1) is 0 Å². The van der Waals surface area contributed by atoms with Gasteiger partial charge in [-0.2, -0.15) is 5.10 Å². The largest absolute Gasteiger partial charge is 0.377 e. The van der Waals surface area contributed by atoms with Gasteiger partial charge in [-0.05, 0) is 25.1 Å². The highest BCUT2D eigenvalue weighted by Gasteiger charge is 2.17. The minimum Gasteiger partial charge on any atom is -0.377 e. The van der Waals surface area contributed by atoms with Crippen molar-refractivity contribution in [2.24, 2.45) is 0 Å². The van der Waals surface area contributed by atoms with Gasteiger partial charge in [0.15, 0.2) is 0 Å². The average molecular weight is 303 g/mol. The summed E-state index contributed by atoms with van der Waals surface area (Å²) in [5.41, 5.74) is 5.64. The quantitative estimate of drug-likeness (QED) is 0.615. The molecule has 1 aromatic carbocycles. The molecular formula is C18H17N5. The van der Waals surface area contributed by atoms with E-state index in [0.29, 0.717) is 0 Å². The summed E-state index contributed by atoms with van der Waals surface area (Å²) in [6, 6.07) is 12.2. The normalized spacial score (nSPS) is 11.3. The molecule has 0 aliphatic carbocycles. The number of anilines is 1. The van der Waals surface area contributed by atoms with Crippen LogP contribution in [0, 0.1) is 6.92 Å². The molecule has 0 aliphatic rings. The molecule has 0 unspecified atom stereocenters. The van der Waals surface area contributed by atoms with Crippen LogP contribution in [0.5, 0.6) is 0 Å². The molecule has 0 amide bonds. The highest BCUT2D eigenvalue weighted by molar-refractivity contribution is 6.14. The van der Waals surface area contributed by atoms with Gasteiger partial charge >= 0.3 is 0 Å². The standard InChI is InChI=1S/C18H17N5/c1-11-16-17(22-21-11)12-7-6-9-14(23(2)3)15(12)18(20-16)13-8-4-5-10-19-13/h4-10H,1-3H3,(H,21,22). The first kappa shape index (κ1) is 13.7. The van der Waals surface area contributed by atoms with Crippen molar-refractivity contribution in [3.8, 4) is 11.4 Å². The molecule has 4 rings (SSSR count). The zero-order chi connectivity index (χ0) is 16.0. The second kappa shape index (κ2) is 5.05. The Kier molecular flexibility index (Phi) is 3.01. The Balaban J connectivity index is 2.23. The molecule has 3 heterocycles. The number of nitrogens with zero attached hydrogens (tertiary/aromatic N) is 4. The molecule has 0 saturated heterocycles. The van der Waals surface area contributed by atoms with Gasteiger partial charge < -0.3 is 4.90 Å². The van der Waals surface area contributed by atoms with Gasteiger partial charge in [0.1, 0.15) is 11.0 Å². The topological polar surface area (TPSA) is 57.7 Å². The number of aromatic amines is 1. The summed E-state index contributed by atoms with van der Waals surface area (Å²) >= 11 is 0. The molecule has 0 saturated carbocycles. The first-order chi connectivity index (χ1) is 11.2. The van der Waals surface area contributed by atoms with Gasteiger partial charge in [0.05, 0.1) is 17.1 Å². The van der Waals surface area contributed by atoms with Crippen molar-refractivity contribution in [2.75, 3.05) is 19.0 Å². The molecule has 0 radical (unpaired) electrons. The fourth-order valence-corrected chi connectivity index (χ4v) is 2.96. The Hall–Kier alpha value is -2.95. The monoisotopic (exact) mass is 303 g/mol. The zero-order valence-corrected chi connectivity index (χ0v) is 13.3. The van der Waals surface area contributed by atoms with E-state index in [4.69, 9.17) is 4.98 Å². The molecule has 114 valence electrons. The van der Waals surface area contributed by atoms with Crippen LogP contribution in [0.1, 0.15) is 5.69 Å². The summed E-state index contributed by atoms with van der Waals surface area (Å²) in [6.07, 6.45) is 1.80. The highest BCUT2D eigenvalue weighted by atomic mass is 15.1. The van der Waals surface area contributed by atoms with E-state index in [0.717, 1.165) is 44.6 Å². The van der Waals surface area contributed by atoms with E-state index in [2.05, 4.69) is 38.3 Å². The van der Waals surface area contributed by atoms with E-state index in [1.807, 2.05) is 39.2 Å². The number of benzene rings is 1. The van der Waals surface area contributed by atoms with Crippen LogP contribution in [0.4, 0.5) is 5.69 Å². The average Bonchev–Trinajstić information content (AvgIpc) is 2.95. The van der Waals surface area contributed by atoms with Crippen LogP contribution < -0.4 is 4.90 Å². The van der Waals surface area contributed by atoms with Crippen LogP contribution >= 0.6 is 0 Å². The second-order valence-corrected chi connectivity index (χ2v) is 5.82. The maximum Gasteiger partial charge on any atom is 0.119 e. The van der Waals surface area contributed by atoms with Crippen molar-refractivity contribution < 1.29 is 0 Å². The molecule has 4 aromatic rings. The van der Waals surface area contributed by atoms with Crippen molar-refractivity contribution in [2.45, 2.75) is 6.92 Å². The number of pyridine rings is 2. The summed E-state index contributed by atoms with van der Waals surface area (Å²) in [7, 11) is 4.08. The van der Waals surface area contributed by atoms with Gasteiger partial charge in [-0.25, -0.2) is 4.98 Å². The Labute approximate surface area is 134 Å². The summed E-state index contributed by atoms with van der Waals surface area (Å²) in [5.74, 6) is 0. The smallest absolute Gasteiger partial charge is 0.119 e. The third-order valence-electron chi connectivity index (χ3n) is 4.06. The fourth-order valence-electron chi connectivity index (χ4n) is 2.96. The fraction of sp³-hybridized carbons (Fsp3) is 0.167. The van der Waals surface area contributed by atoms with Gasteiger partial charge in [0, 0.05) is 36.8 Å². The van der Waals surface area contributed by atoms with E-state index in [9.17, 15) is 0 Å². The Bertz CT molecular complexity index is 1000. The SMILES string of the molecule is Cc1[nH]nc2c1nc(-c1ccccn1)c1c(N(C)C)cccc12. The predicted molar refractivity (Wildman–Crippen MR) is 93.7 cm³/mol. The summed E-state index contributed by atoms with van der Waals surface area (Å²) < 4.78 is 0. The number of rotatable bonds is 2. The number of hydrogen-bond acceptors (Lipinski definition) is 4. The van der Waals surface area contributed by atoms with Crippen LogP contribution in [-0.4, -0.2) is 34.3 Å². The molecule has 0 spiro atoms. The molecular weight excluding hydrogens is 286 g/mol. The molecule has 3 aromatic heterocycles. The number of aromatic nitrogens is 4. The molecule has 5 heteroatoms. The number of nitrogens with one attached hydrogen (secondary N) is 1. The lowest BCUT2D eigenvalue weighted by Gasteiger charge is -2.17. The molecule has 0 atom stereocenters. The van der Waals surface area contributed by atoms with E-state index >= 15 is 0 Å². The Morgan fingerprint density at radius 2 is 1.87 bits per heavy atom. The summed E-state index contributed by atoms with van der Waals surface area (Å²) in [4.78, 5) is 11.5. The molecule has 0 fully saturated rings. The van der Waals surface area contributed by atoms with Crippen molar-refractivity contribution in [3.63, 3.8) is 0 Å². The summed E-state index contributed by atoms with van der Waals surface area (Å²) in [6.45, 7) is 1.99. The van der Waals surface area contributed by atoms with Crippen LogP contribution in [0.3, 0.4) is 0 Å². The molecule has 0 aliphatic heterocycles. The second-order valence-electron chi connectivity index (χ2n) is 5.82. The lowest BCUT2D eigenvalue weighted by Crippen LogP contribution is -2.09. The molecule has 23 heavy (non-hydrogen) atoms. The maximum absolute atomic E-state index is 4.89. The van der Waals surface area contributed by atoms with Crippen LogP contribution in [0.15, 0.2) is 42.6 Å². The Morgan fingerprint density at radius 3 is 2.61 bits per heavy atom. The predicted octanol–water partition coefficient (Wildman–Crippen LogP) is 3.55. The van der Waals surface area contributed by atoms with E-state index in [1.54, 1.807) is 6.20 Å². The van der Waals surface area contributed by atoms with Gasteiger partial charge in [-0.3, -0.25) is 10.1 Å². The van der Waals surface area contributed by atoms with Crippen LogP contribution in [0.25, 0.3) is 33.2 Å². The van der Waals surface area contributed by atoms with E-state index in [-0.39, 0.29) is 0 Å². The van der Waals surface area contributed by atoms with Crippen molar-refractivity contribution in [1.82, 2.24) is 20.2 Å². The minimum absolute atomic E-state index is 0.870. The van der Waals surface area contributed by atoms with Gasteiger partial charge in [-0.1, -0.05) is 18.2 Å². The third kappa shape index (κ3) is 2.04. The van der Waals surface area contributed by atoms with Gasteiger partial charge in [0.2, 0.25) is 0 Å². The van der Waals surface area contributed by atoms with Crippen molar-refractivity contribution in [3.05, 3.63) is 48.3 Å². The first-order valence-electron chi connectivity index (χ1n) is 7.53. The maximum atomic E-state index is 4.89. The highest BCUT2D eigenvalue weighted by Crippen LogP contribution is 2.37. The Morgan fingerprint density at radius 1 is 1.00 bits per heavy atom. The number of aryl methyl sites for hydroxylation is 1. The number of fused-ring (bicyclic) bond motifs is 3. The van der Waals surface area contributed by atoms with Crippen molar-refractivity contribution >= 4 is 27.5 Å². The van der Waals surface area contributed by atoms with Crippen LogP contribution in [0.2, 0.25) is 0 Å². The molecule has 5 nitrogen and oxygen atoms in total.